The number of rotatable bonds is 3. The molecule has 2 nitrogen and oxygen atoms in total. The first-order chi connectivity index (χ1) is 9.72. The Bertz CT molecular complexity index is 639. The van der Waals surface area contributed by atoms with E-state index in [1.165, 1.54) is 16.7 Å². The number of hydrogen-bond donors (Lipinski definition) is 0. The average molecular weight is 266 g/mol. The van der Waals surface area contributed by atoms with Crippen LogP contribution >= 0.6 is 0 Å². The van der Waals surface area contributed by atoms with Gasteiger partial charge in [-0.2, -0.15) is 0 Å². The Kier molecular flexibility index (Phi) is 3.46. The van der Waals surface area contributed by atoms with Crippen LogP contribution in [0.25, 0.3) is 5.57 Å². The van der Waals surface area contributed by atoms with E-state index in [1.54, 1.807) is 0 Å². The van der Waals surface area contributed by atoms with E-state index in [-0.39, 0.29) is 0 Å². The van der Waals surface area contributed by atoms with Crippen molar-refractivity contribution < 1.29 is 9.47 Å². The zero-order valence-corrected chi connectivity index (χ0v) is 11.8. The minimum absolute atomic E-state index is 0.572. The molecule has 0 saturated carbocycles. The van der Waals surface area contributed by atoms with Crippen molar-refractivity contribution in [3.05, 3.63) is 65.2 Å². The molecule has 0 aromatic heterocycles. The molecule has 3 rings (SSSR count). The van der Waals surface area contributed by atoms with E-state index in [4.69, 9.17) is 9.47 Å². The summed E-state index contributed by atoms with van der Waals surface area (Å²) in [5.41, 5.74) is 4.80. The monoisotopic (exact) mass is 266 g/mol. The third-order valence-corrected chi connectivity index (χ3v) is 3.46. The molecule has 2 heteroatoms. The molecule has 0 saturated heterocycles. The summed E-state index contributed by atoms with van der Waals surface area (Å²) in [4.78, 5) is 0. The van der Waals surface area contributed by atoms with E-state index >= 15 is 0 Å². The first-order valence-electron chi connectivity index (χ1n) is 6.85. The lowest BCUT2D eigenvalue weighted by Crippen LogP contribution is -2.10. The summed E-state index contributed by atoms with van der Waals surface area (Å²) in [7, 11) is 0. The van der Waals surface area contributed by atoms with Gasteiger partial charge in [0.05, 0.1) is 0 Å². The fourth-order valence-electron chi connectivity index (χ4n) is 2.29. The Morgan fingerprint density at radius 1 is 1.00 bits per heavy atom. The highest BCUT2D eigenvalue weighted by Crippen LogP contribution is 2.31. The third kappa shape index (κ3) is 2.69. The van der Waals surface area contributed by atoms with Crippen LogP contribution < -0.4 is 9.47 Å². The molecule has 2 aromatic carbocycles. The van der Waals surface area contributed by atoms with Crippen molar-refractivity contribution in [3.63, 3.8) is 0 Å². The number of benzene rings is 2. The summed E-state index contributed by atoms with van der Waals surface area (Å²) < 4.78 is 11.5. The van der Waals surface area contributed by atoms with E-state index in [9.17, 15) is 0 Å². The Labute approximate surface area is 119 Å². The maximum atomic E-state index is 5.87. The lowest BCUT2D eigenvalue weighted by Gasteiger charge is -2.19. The van der Waals surface area contributed by atoms with E-state index < -0.39 is 0 Å². The maximum absolute atomic E-state index is 5.87. The van der Waals surface area contributed by atoms with Gasteiger partial charge in [0.2, 0.25) is 0 Å². The molecule has 0 spiro atoms. The first kappa shape index (κ1) is 12.8. The largest absolute Gasteiger partial charge is 0.489 e. The molecule has 1 aliphatic rings. The van der Waals surface area contributed by atoms with Gasteiger partial charge in [-0.1, -0.05) is 29.3 Å². The molecule has 0 aliphatic carbocycles. The van der Waals surface area contributed by atoms with Gasteiger partial charge >= 0.3 is 0 Å². The summed E-state index contributed by atoms with van der Waals surface area (Å²) in [6, 6.07) is 14.4. The van der Waals surface area contributed by atoms with Gasteiger partial charge in [-0.15, -0.1) is 0 Å². The number of aryl methyl sites for hydroxylation is 2. The minimum atomic E-state index is 0.572. The lowest BCUT2D eigenvalue weighted by molar-refractivity contribution is 0.343. The lowest BCUT2D eigenvalue weighted by atomic mass is 10.0. The molecule has 1 heterocycles. The van der Waals surface area contributed by atoms with Crippen LogP contribution in [0.4, 0.5) is 0 Å². The van der Waals surface area contributed by atoms with Gasteiger partial charge in [-0.05, 0) is 49.8 Å². The zero-order valence-electron chi connectivity index (χ0n) is 11.8. The molecule has 0 amide bonds. The molecule has 0 atom stereocenters. The molecule has 0 bridgehead atoms. The number of fused-ring (bicyclic) bond motifs is 1. The average Bonchev–Trinajstić information content (AvgIpc) is 2.47. The highest BCUT2D eigenvalue weighted by atomic mass is 16.5. The Hall–Kier alpha value is -2.22. The fraction of sp³-hybridized carbons (Fsp3) is 0.222. The summed E-state index contributed by atoms with van der Waals surface area (Å²) in [5, 5.41) is 0. The predicted octanol–water partition coefficient (Wildman–Crippen LogP) is 4.16. The molecule has 102 valence electrons. The van der Waals surface area contributed by atoms with Gasteiger partial charge in [0.15, 0.2) is 0 Å². The second kappa shape index (κ2) is 5.41. The van der Waals surface area contributed by atoms with Crippen LogP contribution in [0.15, 0.2) is 48.5 Å². The van der Waals surface area contributed by atoms with Crippen LogP contribution in [0.5, 0.6) is 11.5 Å². The van der Waals surface area contributed by atoms with Crippen LogP contribution in [0.3, 0.4) is 0 Å². The minimum Gasteiger partial charge on any atom is -0.489 e. The zero-order chi connectivity index (χ0) is 13.9. The van der Waals surface area contributed by atoms with Gasteiger partial charge in [-0.3, -0.25) is 0 Å². The van der Waals surface area contributed by atoms with E-state index in [0.717, 1.165) is 17.1 Å². The Morgan fingerprint density at radius 3 is 2.55 bits per heavy atom. The standard InChI is InChI=1S/C18H18O2/c1-13-3-6-16(7-4-13)20-12-15-9-10-19-18-8-5-14(2)11-17(15)18/h3-9,11H,10,12H2,1-2H3. The van der Waals surface area contributed by atoms with Gasteiger partial charge in [0, 0.05) is 5.56 Å². The molecule has 0 unspecified atom stereocenters. The Balaban J connectivity index is 1.77. The molecule has 1 aliphatic heterocycles. The van der Waals surface area contributed by atoms with E-state index in [1.807, 2.05) is 18.2 Å². The van der Waals surface area contributed by atoms with Crippen LogP contribution in [-0.4, -0.2) is 13.2 Å². The number of hydrogen-bond acceptors (Lipinski definition) is 2. The quantitative estimate of drug-likeness (QED) is 0.830. The van der Waals surface area contributed by atoms with Crippen molar-refractivity contribution in [2.24, 2.45) is 0 Å². The topological polar surface area (TPSA) is 18.5 Å². The summed E-state index contributed by atoms with van der Waals surface area (Å²) >= 11 is 0. The fourth-order valence-corrected chi connectivity index (χ4v) is 2.29. The number of ether oxygens (including phenoxy) is 2. The maximum Gasteiger partial charge on any atom is 0.127 e. The Morgan fingerprint density at radius 2 is 1.75 bits per heavy atom. The predicted molar refractivity (Wildman–Crippen MR) is 81.3 cm³/mol. The van der Waals surface area contributed by atoms with Crippen molar-refractivity contribution in [2.75, 3.05) is 13.2 Å². The van der Waals surface area contributed by atoms with Gasteiger partial charge < -0.3 is 9.47 Å². The second-order valence-corrected chi connectivity index (χ2v) is 5.14. The molecule has 2 aromatic rings. The second-order valence-electron chi connectivity index (χ2n) is 5.14. The van der Waals surface area contributed by atoms with Crippen LogP contribution in [-0.2, 0) is 0 Å². The van der Waals surface area contributed by atoms with Crippen molar-refractivity contribution in [2.45, 2.75) is 13.8 Å². The molecule has 0 fully saturated rings. The van der Waals surface area contributed by atoms with Crippen LogP contribution in [0.1, 0.15) is 16.7 Å². The molecule has 0 radical (unpaired) electrons. The van der Waals surface area contributed by atoms with Crippen molar-refractivity contribution in [3.8, 4) is 11.5 Å². The van der Waals surface area contributed by atoms with Crippen molar-refractivity contribution in [1.82, 2.24) is 0 Å². The normalized spacial score (nSPS) is 13.2. The first-order valence-corrected chi connectivity index (χ1v) is 6.85. The van der Waals surface area contributed by atoms with Crippen LogP contribution in [0.2, 0.25) is 0 Å². The SMILES string of the molecule is Cc1ccc(OCC2=CCOc3ccc(C)cc32)cc1. The summed E-state index contributed by atoms with van der Waals surface area (Å²) in [6.07, 6.45) is 2.09. The van der Waals surface area contributed by atoms with Crippen molar-refractivity contribution in [1.29, 1.82) is 0 Å². The van der Waals surface area contributed by atoms with E-state index in [2.05, 4.69) is 44.2 Å². The molecular weight excluding hydrogens is 248 g/mol. The third-order valence-electron chi connectivity index (χ3n) is 3.46. The van der Waals surface area contributed by atoms with Crippen LogP contribution in [0, 0.1) is 13.8 Å². The highest BCUT2D eigenvalue weighted by molar-refractivity contribution is 5.73. The van der Waals surface area contributed by atoms with E-state index in [0.29, 0.717) is 13.2 Å². The summed E-state index contributed by atoms with van der Waals surface area (Å²) in [6.45, 7) is 5.35. The van der Waals surface area contributed by atoms with Gasteiger partial charge in [0.1, 0.15) is 24.7 Å². The van der Waals surface area contributed by atoms with Crippen molar-refractivity contribution >= 4 is 5.57 Å². The molecule has 0 N–H and O–H groups in total. The smallest absolute Gasteiger partial charge is 0.127 e. The highest BCUT2D eigenvalue weighted by Gasteiger charge is 2.14. The van der Waals surface area contributed by atoms with Gasteiger partial charge in [0.25, 0.3) is 0 Å². The van der Waals surface area contributed by atoms with Gasteiger partial charge in [-0.25, -0.2) is 0 Å². The molecular formula is C18H18O2. The summed E-state index contributed by atoms with van der Waals surface area (Å²) in [5.74, 6) is 1.85. The molecule has 20 heavy (non-hydrogen) atoms.